The number of aryl methyl sites for hydroxylation is 1. The number of anilines is 1. The van der Waals surface area contributed by atoms with E-state index in [2.05, 4.69) is 17.3 Å². The molecule has 1 aromatic heterocycles. The van der Waals surface area contributed by atoms with Crippen LogP contribution in [0.5, 0.6) is 0 Å². The van der Waals surface area contributed by atoms with Gasteiger partial charge in [-0.25, -0.2) is 0 Å². The number of carbonyl (C=O) groups excluding carboxylic acids is 1. The Bertz CT molecular complexity index is 679. The van der Waals surface area contributed by atoms with Crippen molar-refractivity contribution in [3.8, 4) is 0 Å². The summed E-state index contributed by atoms with van der Waals surface area (Å²) in [6, 6.07) is 6.46. The molecule has 2 aromatic rings. The van der Waals surface area contributed by atoms with Crippen molar-refractivity contribution in [2.24, 2.45) is 0 Å². The fourth-order valence-electron chi connectivity index (χ4n) is 2.98. The van der Waals surface area contributed by atoms with Crippen molar-refractivity contribution < 1.29 is 4.79 Å². The second-order valence-electron chi connectivity index (χ2n) is 5.78. The number of thiophene rings is 1. The van der Waals surface area contributed by atoms with Crippen LogP contribution in [0.4, 0.5) is 5.69 Å². The summed E-state index contributed by atoms with van der Waals surface area (Å²) in [7, 11) is 2.11. The van der Waals surface area contributed by atoms with Crippen LogP contribution >= 0.6 is 11.3 Å². The Hall–Kier alpha value is -1.59. The number of hydrogen-bond acceptors (Lipinski definition) is 4. The van der Waals surface area contributed by atoms with Gasteiger partial charge in [-0.15, -0.1) is 11.3 Å². The lowest BCUT2D eigenvalue weighted by molar-refractivity contribution is 0.0948. The molecule has 1 amide bonds. The van der Waals surface area contributed by atoms with E-state index in [9.17, 15) is 4.79 Å². The van der Waals surface area contributed by atoms with Gasteiger partial charge in [-0.2, -0.15) is 0 Å². The fourth-order valence-corrected chi connectivity index (χ4v) is 4.08. The van der Waals surface area contributed by atoms with Crippen LogP contribution in [0, 0.1) is 6.92 Å². The van der Waals surface area contributed by atoms with E-state index in [0.29, 0.717) is 23.2 Å². The number of amides is 1. The van der Waals surface area contributed by atoms with E-state index in [1.165, 1.54) is 23.3 Å². The van der Waals surface area contributed by atoms with Crippen molar-refractivity contribution in [3.05, 3.63) is 28.6 Å². The topological polar surface area (TPSA) is 58.4 Å². The Morgan fingerprint density at radius 1 is 1.52 bits per heavy atom. The van der Waals surface area contributed by atoms with Gasteiger partial charge < -0.3 is 16.0 Å². The van der Waals surface area contributed by atoms with Crippen molar-refractivity contribution in [2.45, 2.75) is 25.8 Å². The molecule has 5 heteroatoms. The smallest absolute Gasteiger partial charge is 0.263 e. The maximum atomic E-state index is 12.4. The van der Waals surface area contributed by atoms with E-state index in [4.69, 9.17) is 5.73 Å². The van der Waals surface area contributed by atoms with Crippen LogP contribution in [0.15, 0.2) is 18.2 Å². The van der Waals surface area contributed by atoms with E-state index < -0.39 is 0 Å². The van der Waals surface area contributed by atoms with Gasteiger partial charge in [0.15, 0.2) is 0 Å². The van der Waals surface area contributed by atoms with Gasteiger partial charge in [0.25, 0.3) is 5.91 Å². The van der Waals surface area contributed by atoms with Gasteiger partial charge in [0, 0.05) is 22.7 Å². The molecular formula is C16H21N3OS. The Morgan fingerprint density at radius 2 is 2.33 bits per heavy atom. The third kappa shape index (κ3) is 2.63. The average Bonchev–Trinajstić information content (AvgIpc) is 3.02. The van der Waals surface area contributed by atoms with E-state index in [1.54, 1.807) is 0 Å². The molecule has 1 aliphatic heterocycles. The Balaban J connectivity index is 1.78. The number of benzene rings is 1. The molecule has 3 rings (SSSR count). The molecule has 112 valence electrons. The maximum absolute atomic E-state index is 12.4. The normalized spacial score (nSPS) is 19.2. The van der Waals surface area contributed by atoms with Crippen LogP contribution in [0.25, 0.3) is 10.1 Å². The third-order valence-corrected chi connectivity index (χ3v) is 5.68. The minimum atomic E-state index is -0.0478. The van der Waals surface area contributed by atoms with Crippen LogP contribution in [-0.4, -0.2) is 37.0 Å². The standard InChI is InChI=1S/C16H21N3OS/c1-10-5-3-7-12-13(17)15(21-14(10)12)16(20)18-9-11-6-4-8-19(11)2/h3,5,7,11H,4,6,8-9,17H2,1-2H3,(H,18,20). The summed E-state index contributed by atoms with van der Waals surface area (Å²) in [5.74, 6) is -0.0478. The van der Waals surface area contributed by atoms with Crippen molar-refractivity contribution >= 4 is 33.0 Å². The molecule has 1 atom stereocenters. The minimum Gasteiger partial charge on any atom is -0.397 e. The van der Waals surface area contributed by atoms with Crippen LogP contribution < -0.4 is 11.1 Å². The number of carbonyl (C=O) groups is 1. The first-order valence-electron chi connectivity index (χ1n) is 7.34. The van der Waals surface area contributed by atoms with E-state index in [1.807, 2.05) is 25.1 Å². The molecule has 1 unspecified atom stereocenters. The molecular weight excluding hydrogens is 282 g/mol. The number of nitrogen functional groups attached to an aromatic ring is 1. The number of nitrogens with two attached hydrogens (primary N) is 1. The van der Waals surface area contributed by atoms with E-state index >= 15 is 0 Å². The average molecular weight is 303 g/mol. The number of nitrogens with one attached hydrogen (secondary N) is 1. The maximum Gasteiger partial charge on any atom is 0.263 e. The molecule has 0 radical (unpaired) electrons. The van der Waals surface area contributed by atoms with Crippen molar-refractivity contribution in [3.63, 3.8) is 0 Å². The fraction of sp³-hybridized carbons (Fsp3) is 0.438. The Kier molecular flexibility index (Phi) is 3.87. The van der Waals surface area contributed by atoms with Gasteiger partial charge in [-0.1, -0.05) is 18.2 Å². The van der Waals surface area contributed by atoms with Crippen LogP contribution in [0.1, 0.15) is 28.1 Å². The lowest BCUT2D eigenvalue weighted by Crippen LogP contribution is -2.38. The SMILES string of the molecule is Cc1cccc2c(N)c(C(=O)NCC3CCCN3C)sc12. The zero-order valence-electron chi connectivity index (χ0n) is 12.5. The monoisotopic (exact) mass is 303 g/mol. The minimum absolute atomic E-state index is 0.0478. The number of likely N-dealkylation sites (N-methyl/N-ethyl adjacent to an activating group) is 1. The number of rotatable bonds is 3. The van der Waals surface area contributed by atoms with Crippen LogP contribution in [0.3, 0.4) is 0 Å². The molecule has 1 aromatic carbocycles. The highest BCUT2D eigenvalue weighted by Crippen LogP contribution is 2.35. The summed E-state index contributed by atoms with van der Waals surface area (Å²) in [4.78, 5) is 15.4. The first-order valence-corrected chi connectivity index (χ1v) is 8.15. The van der Waals surface area contributed by atoms with Gasteiger partial charge in [-0.3, -0.25) is 4.79 Å². The predicted molar refractivity (Wildman–Crippen MR) is 89.0 cm³/mol. The lowest BCUT2D eigenvalue weighted by Gasteiger charge is -2.19. The highest BCUT2D eigenvalue weighted by Gasteiger charge is 2.23. The van der Waals surface area contributed by atoms with Gasteiger partial charge in [0.1, 0.15) is 4.88 Å². The predicted octanol–water partition coefficient (Wildman–Crippen LogP) is 2.62. The van der Waals surface area contributed by atoms with Crippen molar-refractivity contribution in [2.75, 3.05) is 25.9 Å². The summed E-state index contributed by atoms with van der Waals surface area (Å²) in [5.41, 5.74) is 7.93. The van der Waals surface area contributed by atoms with Gasteiger partial charge in [-0.05, 0) is 38.9 Å². The highest BCUT2D eigenvalue weighted by molar-refractivity contribution is 7.21. The molecule has 1 aliphatic rings. The van der Waals surface area contributed by atoms with E-state index in [0.717, 1.165) is 23.1 Å². The number of nitrogens with zero attached hydrogens (tertiary/aromatic N) is 1. The molecule has 1 saturated heterocycles. The van der Waals surface area contributed by atoms with Crippen LogP contribution in [-0.2, 0) is 0 Å². The molecule has 2 heterocycles. The molecule has 21 heavy (non-hydrogen) atoms. The molecule has 3 N–H and O–H groups in total. The number of fused-ring (bicyclic) bond motifs is 1. The van der Waals surface area contributed by atoms with Crippen LogP contribution in [0.2, 0.25) is 0 Å². The zero-order chi connectivity index (χ0) is 15.0. The number of likely N-dealkylation sites (tertiary alicyclic amines) is 1. The first-order chi connectivity index (χ1) is 10.1. The second kappa shape index (κ2) is 5.66. The second-order valence-corrected chi connectivity index (χ2v) is 6.80. The summed E-state index contributed by atoms with van der Waals surface area (Å²) < 4.78 is 1.11. The van der Waals surface area contributed by atoms with Gasteiger partial charge in [0.2, 0.25) is 0 Å². The molecule has 0 aliphatic carbocycles. The quantitative estimate of drug-likeness (QED) is 0.916. The lowest BCUT2D eigenvalue weighted by atomic mass is 10.1. The molecule has 0 bridgehead atoms. The summed E-state index contributed by atoms with van der Waals surface area (Å²) in [5, 5.41) is 4.03. The van der Waals surface area contributed by atoms with E-state index in [-0.39, 0.29) is 5.91 Å². The Morgan fingerprint density at radius 3 is 3.00 bits per heavy atom. The summed E-state index contributed by atoms with van der Waals surface area (Å²) in [6.07, 6.45) is 2.36. The molecule has 0 spiro atoms. The van der Waals surface area contributed by atoms with Gasteiger partial charge in [0.05, 0.1) is 5.69 Å². The van der Waals surface area contributed by atoms with Crippen molar-refractivity contribution in [1.29, 1.82) is 0 Å². The zero-order valence-corrected chi connectivity index (χ0v) is 13.3. The largest absolute Gasteiger partial charge is 0.397 e. The summed E-state index contributed by atoms with van der Waals surface area (Å²) in [6.45, 7) is 3.86. The third-order valence-electron chi connectivity index (χ3n) is 4.33. The molecule has 4 nitrogen and oxygen atoms in total. The van der Waals surface area contributed by atoms with Gasteiger partial charge >= 0.3 is 0 Å². The van der Waals surface area contributed by atoms with Crippen molar-refractivity contribution in [1.82, 2.24) is 10.2 Å². The molecule has 1 fully saturated rings. The Labute approximate surface area is 128 Å². The summed E-state index contributed by atoms with van der Waals surface area (Å²) >= 11 is 1.49. The number of hydrogen-bond donors (Lipinski definition) is 2. The first kappa shape index (κ1) is 14.4. The highest BCUT2D eigenvalue weighted by atomic mass is 32.1. The molecule has 0 saturated carbocycles.